The molecule has 0 aliphatic carbocycles. The zero-order valence-electron chi connectivity index (χ0n) is 16.6. The highest BCUT2D eigenvalue weighted by Crippen LogP contribution is 2.25. The van der Waals surface area contributed by atoms with Crippen molar-refractivity contribution < 1.29 is 13.2 Å². The molecule has 8 heteroatoms. The van der Waals surface area contributed by atoms with Crippen LogP contribution in [0.15, 0.2) is 48.5 Å². The van der Waals surface area contributed by atoms with Gasteiger partial charge in [-0.3, -0.25) is 14.0 Å². The van der Waals surface area contributed by atoms with Crippen LogP contribution in [0.3, 0.4) is 0 Å². The molecule has 0 spiro atoms. The van der Waals surface area contributed by atoms with Crippen LogP contribution in [0, 0.1) is 5.92 Å². The fourth-order valence-electron chi connectivity index (χ4n) is 3.50. The van der Waals surface area contributed by atoms with E-state index in [4.69, 9.17) is 11.6 Å². The molecule has 1 aliphatic rings. The Balaban J connectivity index is 1.64. The van der Waals surface area contributed by atoms with Gasteiger partial charge in [0.1, 0.15) is 0 Å². The summed E-state index contributed by atoms with van der Waals surface area (Å²) in [6.45, 7) is 2.32. The van der Waals surface area contributed by atoms with E-state index in [1.54, 1.807) is 24.3 Å². The first-order valence-electron chi connectivity index (χ1n) is 9.54. The number of sulfonamides is 1. The molecule has 0 radical (unpaired) electrons. The first kappa shape index (κ1) is 21.6. The lowest BCUT2D eigenvalue weighted by Crippen LogP contribution is -2.40. The number of nitrogens with zero attached hydrogens (tertiary/aromatic N) is 2. The SMILES string of the molecule is CN(c1cccc(NC(=O)C2CCCN(Cc3ccccc3Cl)C2)c1)S(C)(=O)=O. The molecule has 1 atom stereocenters. The Morgan fingerprint density at radius 3 is 2.72 bits per heavy atom. The minimum absolute atomic E-state index is 0.0481. The van der Waals surface area contributed by atoms with Crippen molar-refractivity contribution in [2.24, 2.45) is 5.92 Å². The number of halogens is 1. The molecule has 0 aromatic heterocycles. The molecule has 1 amide bonds. The monoisotopic (exact) mass is 435 g/mol. The summed E-state index contributed by atoms with van der Waals surface area (Å²) in [4.78, 5) is 15.1. The highest BCUT2D eigenvalue weighted by atomic mass is 35.5. The first-order valence-corrected chi connectivity index (χ1v) is 11.8. The van der Waals surface area contributed by atoms with Gasteiger partial charge in [0.2, 0.25) is 15.9 Å². The van der Waals surface area contributed by atoms with Crippen molar-refractivity contribution >= 4 is 38.9 Å². The van der Waals surface area contributed by atoms with E-state index in [1.807, 2.05) is 24.3 Å². The van der Waals surface area contributed by atoms with E-state index < -0.39 is 10.0 Å². The Morgan fingerprint density at radius 2 is 2.00 bits per heavy atom. The Hall–Kier alpha value is -2.09. The van der Waals surface area contributed by atoms with Gasteiger partial charge in [0.05, 0.1) is 17.9 Å². The smallest absolute Gasteiger partial charge is 0.231 e. The van der Waals surface area contributed by atoms with Crippen LogP contribution in [-0.4, -0.2) is 45.6 Å². The molecule has 6 nitrogen and oxygen atoms in total. The van der Waals surface area contributed by atoms with Gasteiger partial charge in [0, 0.05) is 30.8 Å². The maximum absolute atomic E-state index is 12.8. The van der Waals surface area contributed by atoms with E-state index in [9.17, 15) is 13.2 Å². The van der Waals surface area contributed by atoms with Crippen LogP contribution < -0.4 is 9.62 Å². The van der Waals surface area contributed by atoms with Crippen molar-refractivity contribution in [3.8, 4) is 0 Å². The number of likely N-dealkylation sites (tertiary alicyclic amines) is 1. The normalized spacial score (nSPS) is 17.7. The van der Waals surface area contributed by atoms with E-state index in [-0.39, 0.29) is 11.8 Å². The zero-order valence-corrected chi connectivity index (χ0v) is 18.2. The number of carbonyl (C=O) groups is 1. The lowest BCUT2D eigenvalue weighted by molar-refractivity contribution is -0.121. The summed E-state index contributed by atoms with van der Waals surface area (Å²) in [6.07, 6.45) is 2.92. The first-order chi connectivity index (χ1) is 13.7. The van der Waals surface area contributed by atoms with Gasteiger partial charge in [0.15, 0.2) is 0 Å². The molecule has 156 valence electrons. The van der Waals surface area contributed by atoms with Gasteiger partial charge in [-0.1, -0.05) is 35.9 Å². The van der Waals surface area contributed by atoms with Crippen molar-refractivity contribution in [3.63, 3.8) is 0 Å². The molecule has 1 heterocycles. The molecule has 3 rings (SSSR count). The molecule has 2 aromatic carbocycles. The van der Waals surface area contributed by atoms with Crippen molar-refractivity contribution in [2.75, 3.05) is 36.0 Å². The van der Waals surface area contributed by atoms with Crippen molar-refractivity contribution in [1.82, 2.24) is 4.90 Å². The summed E-state index contributed by atoms with van der Waals surface area (Å²) in [7, 11) is -1.87. The van der Waals surface area contributed by atoms with Crippen LogP contribution in [0.2, 0.25) is 5.02 Å². The Kier molecular flexibility index (Phi) is 6.82. The van der Waals surface area contributed by atoms with Crippen LogP contribution in [0.4, 0.5) is 11.4 Å². The average Bonchev–Trinajstić information content (AvgIpc) is 2.69. The van der Waals surface area contributed by atoms with E-state index in [2.05, 4.69) is 10.2 Å². The van der Waals surface area contributed by atoms with Gasteiger partial charge in [-0.05, 0) is 49.2 Å². The Bertz CT molecular complexity index is 981. The number of carbonyl (C=O) groups excluding carboxylic acids is 1. The van der Waals surface area contributed by atoms with Crippen molar-refractivity contribution in [3.05, 3.63) is 59.1 Å². The highest BCUT2D eigenvalue weighted by Gasteiger charge is 2.26. The van der Waals surface area contributed by atoms with E-state index in [0.717, 1.165) is 42.8 Å². The molecule has 1 fully saturated rings. The summed E-state index contributed by atoms with van der Waals surface area (Å²) < 4.78 is 24.7. The van der Waals surface area contributed by atoms with Crippen LogP contribution in [0.25, 0.3) is 0 Å². The predicted octanol–water partition coefficient (Wildman–Crippen LogP) is 3.59. The molecule has 1 N–H and O–H groups in total. The number of piperidine rings is 1. The molecule has 0 bridgehead atoms. The number of benzene rings is 2. The van der Waals surface area contributed by atoms with Crippen LogP contribution in [-0.2, 0) is 21.4 Å². The lowest BCUT2D eigenvalue weighted by Gasteiger charge is -2.32. The third-order valence-corrected chi connectivity index (χ3v) is 6.78. The lowest BCUT2D eigenvalue weighted by atomic mass is 9.96. The zero-order chi connectivity index (χ0) is 21.0. The fourth-order valence-corrected chi connectivity index (χ4v) is 4.19. The third-order valence-electron chi connectivity index (χ3n) is 5.20. The minimum Gasteiger partial charge on any atom is -0.326 e. The summed E-state index contributed by atoms with van der Waals surface area (Å²) >= 11 is 6.27. The second kappa shape index (κ2) is 9.15. The van der Waals surface area contributed by atoms with Gasteiger partial charge in [0.25, 0.3) is 0 Å². The van der Waals surface area contributed by atoms with Gasteiger partial charge in [-0.15, -0.1) is 0 Å². The quantitative estimate of drug-likeness (QED) is 0.752. The standard InChI is InChI=1S/C21H26ClN3O3S/c1-24(29(2,27)28)19-10-5-9-18(13-19)23-21(26)17-8-6-12-25(15-17)14-16-7-3-4-11-20(16)22/h3-5,7,9-11,13,17H,6,8,12,14-15H2,1-2H3,(H,23,26). The molecule has 2 aromatic rings. The fraction of sp³-hybridized carbons (Fsp3) is 0.381. The van der Waals surface area contributed by atoms with E-state index >= 15 is 0 Å². The molecule has 0 saturated carbocycles. The van der Waals surface area contributed by atoms with Gasteiger partial charge in [-0.25, -0.2) is 8.42 Å². The molecular weight excluding hydrogens is 410 g/mol. The Labute approximate surface area is 177 Å². The number of hydrogen-bond donors (Lipinski definition) is 1. The van der Waals surface area contributed by atoms with Crippen LogP contribution >= 0.6 is 11.6 Å². The van der Waals surface area contributed by atoms with Crippen LogP contribution in [0.1, 0.15) is 18.4 Å². The van der Waals surface area contributed by atoms with Gasteiger partial charge >= 0.3 is 0 Å². The number of amides is 1. The molecule has 1 saturated heterocycles. The third kappa shape index (κ3) is 5.72. The van der Waals surface area contributed by atoms with Crippen molar-refractivity contribution in [1.29, 1.82) is 0 Å². The summed E-state index contributed by atoms with van der Waals surface area (Å²) in [5.74, 6) is -0.171. The van der Waals surface area contributed by atoms with Gasteiger partial charge < -0.3 is 5.32 Å². The average molecular weight is 436 g/mol. The van der Waals surface area contributed by atoms with E-state index in [1.165, 1.54) is 11.4 Å². The van der Waals surface area contributed by atoms with Crippen molar-refractivity contribution in [2.45, 2.75) is 19.4 Å². The number of hydrogen-bond acceptors (Lipinski definition) is 4. The molecule has 1 unspecified atom stereocenters. The maximum atomic E-state index is 12.8. The number of nitrogens with one attached hydrogen (secondary N) is 1. The second-order valence-electron chi connectivity index (χ2n) is 7.44. The van der Waals surface area contributed by atoms with Gasteiger partial charge in [-0.2, -0.15) is 0 Å². The van der Waals surface area contributed by atoms with Crippen LogP contribution in [0.5, 0.6) is 0 Å². The predicted molar refractivity (Wildman–Crippen MR) is 118 cm³/mol. The molecule has 1 aliphatic heterocycles. The second-order valence-corrected chi connectivity index (χ2v) is 9.86. The van der Waals surface area contributed by atoms with E-state index in [0.29, 0.717) is 17.9 Å². The highest BCUT2D eigenvalue weighted by molar-refractivity contribution is 7.92. The topological polar surface area (TPSA) is 69.7 Å². The minimum atomic E-state index is -3.36. The maximum Gasteiger partial charge on any atom is 0.231 e. The molecule has 29 heavy (non-hydrogen) atoms. The largest absolute Gasteiger partial charge is 0.326 e. The summed E-state index contributed by atoms with van der Waals surface area (Å²) in [5, 5.41) is 3.68. The number of rotatable bonds is 6. The molecular formula is C21H26ClN3O3S. The number of anilines is 2. The Morgan fingerprint density at radius 1 is 1.24 bits per heavy atom. The summed E-state index contributed by atoms with van der Waals surface area (Å²) in [5.41, 5.74) is 2.16. The summed E-state index contributed by atoms with van der Waals surface area (Å²) in [6, 6.07) is 14.6.